The summed E-state index contributed by atoms with van der Waals surface area (Å²) in [5.41, 5.74) is 0. The molecule has 0 heterocycles. The Kier molecular flexibility index (Phi) is 20.2. The summed E-state index contributed by atoms with van der Waals surface area (Å²) in [6.45, 7) is 0. The van der Waals surface area contributed by atoms with Crippen molar-refractivity contribution in [2.24, 2.45) is 0 Å². The average Bonchev–Trinajstić information content (AvgIpc) is 1.12. The van der Waals surface area contributed by atoms with E-state index in [0.29, 0.717) is 0 Å². The summed E-state index contributed by atoms with van der Waals surface area (Å²) < 4.78 is 40.1. The van der Waals surface area contributed by atoms with Crippen LogP contribution in [0, 0.1) is 0 Å². The van der Waals surface area contributed by atoms with E-state index in [-0.39, 0.29) is 78.4 Å². The van der Waals surface area contributed by atoms with Gasteiger partial charge in [0.15, 0.2) is 0 Å². The number of rotatable bonds is 0. The number of hydrogen-bond donors (Lipinski definition) is 2. The average molecular weight is 353 g/mol. The molecule has 0 aliphatic heterocycles. The maximum Gasteiger partial charge on any atom is 2.00 e. The summed E-state index contributed by atoms with van der Waals surface area (Å²) in [6.07, 6.45) is 0. The van der Waals surface area contributed by atoms with Gasteiger partial charge in [0.1, 0.15) is 0 Å². The van der Waals surface area contributed by atoms with E-state index in [1.165, 1.54) is 0 Å². The van der Waals surface area contributed by atoms with E-state index in [2.05, 4.69) is 0 Å². The molecular formula is H2BaNaO8PS. The molecule has 0 amide bonds. The van der Waals surface area contributed by atoms with Crippen LogP contribution in [0.25, 0.3) is 0 Å². The fraction of sp³-hybridized carbons (Fsp3) is 0. The van der Waals surface area contributed by atoms with Crippen LogP contribution in [-0.2, 0) is 15.0 Å². The first-order chi connectivity index (χ1) is 4.00. The van der Waals surface area contributed by atoms with Gasteiger partial charge in [-0.1, -0.05) is 0 Å². The van der Waals surface area contributed by atoms with Gasteiger partial charge in [0.25, 0.3) is 0 Å². The smallest absolute Gasteiger partial charge is 0.822 e. The summed E-state index contributed by atoms with van der Waals surface area (Å²) in [5.74, 6) is 0. The van der Waals surface area contributed by atoms with Gasteiger partial charge in [-0.05, 0) is 0 Å². The summed E-state index contributed by atoms with van der Waals surface area (Å²) in [6, 6.07) is 0. The molecule has 0 bridgehead atoms. The molecule has 0 unspecified atom stereocenters. The fourth-order valence-corrected chi connectivity index (χ4v) is 0. The van der Waals surface area contributed by atoms with Crippen LogP contribution in [0.1, 0.15) is 0 Å². The quantitative estimate of drug-likeness (QED) is 0.247. The number of hydrogen-bond acceptors (Lipinski definition) is 6. The van der Waals surface area contributed by atoms with E-state index in [9.17, 15) is 0 Å². The molecule has 2 N–H and O–H groups in total. The Morgan fingerprint density at radius 3 is 1.08 bits per heavy atom. The fourth-order valence-electron chi connectivity index (χ4n) is 0. The molecule has 64 valence electrons. The van der Waals surface area contributed by atoms with E-state index in [4.69, 9.17) is 36.8 Å². The van der Waals surface area contributed by atoms with Crippen LogP contribution >= 0.6 is 7.82 Å². The predicted molar refractivity (Wildman–Crippen MR) is 27.5 cm³/mol. The van der Waals surface area contributed by atoms with Crippen LogP contribution in [0.2, 0.25) is 0 Å². The first-order valence-electron chi connectivity index (χ1n) is 1.43. The zero-order chi connectivity index (χ0) is 9.00. The van der Waals surface area contributed by atoms with Gasteiger partial charge in [-0.3, -0.25) is 9.11 Å². The van der Waals surface area contributed by atoms with Crippen molar-refractivity contribution in [2.45, 2.75) is 0 Å². The van der Waals surface area contributed by atoms with Gasteiger partial charge in [0, 0.05) is 0 Å². The van der Waals surface area contributed by atoms with E-state index in [0.717, 1.165) is 0 Å². The van der Waals surface area contributed by atoms with E-state index >= 15 is 0 Å². The molecule has 0 aromatic heterocycles. The first-order valence-corrected chi connectivity index (χ1v) is 4.29. The van der Waals surface area contributed by atoms with Crippen molar-refractivity contribution < 1.29 is 66.3 Å². The van der Waals surface area contributed by atoms with E-state index in [1.807, 2.05) is 0 Å². The normalized spacial score (nSPS) is 9.75. The van der Waals surface area contributed by atoms with Crippen molar-refractivity contribution in [1.82, 2.24) is 0 Å². The van der Waals surface area contributed by atoms with Gasteiger partial charge in [-0.25, -0.2) is 0 Å². The third kappa shape index (κ3) is 257. The van der Waals surface area contributed by atoms with Crippen molar-refractivity contribution in [1.29, 1.82) is 0 Å². The van der Waals surface area contributed by atoms with Crippen molar-refractivity contribution in [3.05, 3.63) is 0 Å². The molecule has 0 aromatic carbocycles. The van der Waals surface area contributed by atoms with Gasteiger partial charge in [-0.15, -0.1) is 0 Å². The minimum Gasteiger partial charge on any atom is -0.822 e. The molecule has 0 fully saturated rings. The molecule has 0 aliphatic rings. The van der Waals surface area contributed by atoms with Crippen molar-refractivity contribution in [2.75, 3.05) is 0 Å². The minimum atomic E-state index is -5.39. The molecule has 12 heavy (non-hydrogen) atoms. The zero-order valence-electron chi connectivity index (χ0n) is 5.91. The van der Waals surface area contributed by atoms with Gasteiger partial charge in [0.2, 0.25) is 0 Å². The molecule has 12 heteroatoms. The summed E-state index contributed by atoms with van der Waals surface area (Å²) in [7, 11) is -10.1. The molecular weight excluding hydrogens is 351 g/mol. The van der Waals surface area contributed by atoms with Crippen LogP contribution < -0.4 is 44.2 Å². The molecule has 0 atom stereocenters. The summed E-state index contributed by atoms with van der Waals surface area (Å²) >= 11 is 0. The maximum atomic E-state index is 8.74. The Morgan fingerprint density at radius 2 is 1.08 bits per heavy atom. The Hall–Kier alpha value is 2.55. The van der Waals surface area contributed by atoms with Crippen LogP contribution in [-0.4, -0.2) is 66.4 Å². The van der Waals surface area contributed by atoms with Crippen molar-refractivity contribution in [3.8, 4) is 0 Å². The molecule has 0 aromatic rings. The van der Waals surface area contributed by atoms with Gasteiger partial charge < -0.3 is 19.2 Å². The van der Waals surface area contributed by atoms with Gasteiger partial charge >= 0.3 is 88.8 Å². The second kappa shape index (κ2) is 10.1. The number of phosphoric acid groups is 1. The molecule has 0 rings (SSSR count). The molecule has 0 radical (unpaired) electrons. The summed E-state index contributed by atoms with van der Waals surface area (Å²) in [4.78, 5) is 25.6. The van der Waals surface area contributed by atoms with Gasteiger partial charge in [-0.2, -0.15) is 16.2 Å². The van der Waals surface area contributed by atoms with E-state index in [1.54, 1.807) is 0 Å². The Labute approximate surface area is 131 Å². The largest absolute Gasteiger partial charge is 2.00 e. The van der Waals surface area contributed by atoms with Crippen LogP contribution in [0.15, 0.2) is 0 Å². The topological polar surface area (TPSA) is 161 Å². The van der Waals surface area contributed by atoms with Crippen LogP contribution in [0.4, 0.5) is 0 Å². The molecule has 0 aliphatic carbocycles. The molecule has 0 saturated carbocycles. The third-order valence-corrected chi connectivity index (χ3v) is 0. The van der Waals surface area contributed by atoms with Crippen LogP contribution in [0.5, 0.6) is 0 Å². The van der Waals surface area contributed by atoms with Gasteiger partial charge in [0.05, 0.1) is 0 Å². The maximum absolute atomic E-state index is 8.74. The minimum absolute atomic E-state index is 0. The molecule has 0 saturated heterocycles. The SMILES string of the molecule is O=P([O-])([O-])[O-].O=S(=O)(O)O.[Ba+2].[Na+]. The Balaban J connectivity index is -0.0000000457. The second-order valence-electron chi connectivity index (χ2n) is 0.895. The standard InChI is InChI=1S/Ba.Na.H3O4P.H2O4S/c;;2*1-5(2,3)4/h;;(H3,1,2,3,4);(H2,1,2,3,4)/q+2;+1;;/p-3. The van der Waals surface area contributed by atoms with Crippen LogP contribution in [0.3, 0.4) is 0 Å². The Morgan fingerprint density at radius 1 is 1.08 bits per heavy atom. The first kappa shape index (κ1) is 24.0. The third-order valence-electron chi connectivity index (χ3n) is 0. The monoisotopic (exact) mass is 354 g/mol. The van der Waals surface area contributed by atoms with E-state index < -0.39 is 18.2 Å². The predicted octanol–water partition coefficient (Wildman–Crippen LogP) is -6.85. The Bertz CT molecular complexity index is 197. The molecule has 0 spiro atoms. The summed E-state index contributed by atoms with van der Waals surface area (Å²) in [5, 5.41) is 0. The second-order valence-corrected chi connectivity index (χ2v) is 2.69. The zero-order valence-corrected chi connectivity index (χ0v) is 14.1. The molecule has 8 nitrogen and oxygen atoms in total. The van der Waals surface area contributed by atoms with Crippen molar-refractivity contribution >= 4 is 67.1 Å². The van der Waals surface area contributed by atoms with Crippen molar-refractivity contribution in [3.63, 3.8) is 0 Å².